The lowest BCUT2D eigenvalue weighted by atomic mass is 10.0. The summed E-state index contributed by atoms with van der Waals surface area (Å²) in [5.41, 5.74) is 9.26. The van der Waals surface area contributed by atoms with Crippen LogP contribution in [0.2, 0.25) is 0 Å². The summed E-state index contributed by atoms with van der Waals surface area (Å²) < 4.78 is 10.7. The molecule has 9 heteroatoms. The van der Waals surface area contributed by atoms with Gasteiger partial charge in [-0.2, -0.15) is 0 Å². The molecule has 0 unspecified atom stereocenters. The number of nitrogens with zero attached hydrogens (tertiary/aromatic N) is 3. The van der Waals surface area contributed by atoms with Crippen LogP contribution in [-0.4, -0.2) is 35.5 Å². The predicted molar refractivity (Wildman–Crippen MR) is 114 cm³/mol. The van der Waals surface area contributed by atoms with Crippen LogP contribution in [0.1, 0.15) is 41.5 Å². The summed E-state index contributed by atoms with van der Waals surface area (Å²) >= 11 is 0. The third-order valence-corrected chi connectivity index (χ3v) is 5.50. The first-order valence-corrected chi connectivity index (χ1v) is 10.4. The SMILES string of the molecule is N/C(=N/OCc1cc([N+](=O)[O-])cc2c1OCOC2)c1ccccc1CN1CCCCC1. The summed E-state index contributed by atoms with van der Waals surface area (Å²) in [7, 11) is 0. The van der Waals surface area contributed by atoms with Gasteiger partial charge in [0.2, 0.25) is 0 Å². The van der Waals surface area contributed by atoms with E-state index in [0.29, 0.717) is 16.9 Å². The molecule has 2 N–H and O–H groups in total. The van der Waals surface area contributed by atoms with Gasteiger partial charge in [-0.05, 0) is 31.5 Å². The molecule has 9 nitrogen and oxygen atoms in total. The maximum absolute atomic E-state index is 11.2. The number of benzene rings is 2. The highest BCUT2D eigenvalue weighted by Gasteiger charge is 2.21. The normalized spacial score (nSPS) is 17.0. The largest absolute Gasteiger partial charge is 0.467 e. The second kappa shape index (κ2) is 9.76. The number of hydrogen-bond donors (Lipinski definition) is 1. The predicted octanol–water partition coefficient (Wildman–Crippen LogP) is 3.28. The Balaban J connectivity index is 1.49. The van der Waals surface area contributed by atoms with Gasteiger partial charge in [-0.1, -0.05) is 35.8 Å². The first-order valence-electron chi connectivity index (χ1n) is 10.4. The van der Waals surface area contributed by atoms with Crippen molar-refractivity contribution in [1.82, 2.24) is 4.90 Å². The first-order chi connectivity index (χ1) is 15.1. The van der Waals surface area contributed by atoms with E-state index in [1.807, 2.05) is 18.2 Å². The maximum atomic E-state index is 11.2. The van der Waals surface area contributed by atoms with Gasteiger partial charge in [-0.15, -0.1) is 0 Å². The molecular weight excluding hydrogens is 400 g/mol. The molecule has 1 fully saturated rings. The Morgan fingerprint density at radius 2 is 2.00 bits per heavy atom. The van der Waals surface area contributed by atoms with E-state index in [-0.39, 0.29) is 31.5 Å². The second-order valence-electron chi connectivity index (χ2n) is 7.70. The standard InChI is InChI=1S/C22H26N4O5/c23-22(20-7-3-2-6-16(20)12-25-8-4-1-5-9-25)24-31-14-18-11-19(26(27)28)10-17-13-29-15-30-21(17)18/h2-3,6-7,10-11H,1,4-5,8-9,12-15H2,(H2,23,24). The number of oxime groups is 1. The zero-order valence-electron chi connectivity index (χ0n) is 17.3. The fourth-order valence-electron chi connectivity index (χ4n) is 3.98. The van der Waals surface area contributed by atoms with Crippen molar-refractivity contribution in [2.75, 3.05) is 19.9 Å². The number of non-ortho nitro benzene ring substituents is 1. The van der Waals surface area contributed by atoms with Crippen LogP contribution in [0.5, 0.6) is 5.75 Å². The number of fused-ring (bicyclic) bond motifs is 1. The van der Waals surface area contributed by atoms with E-state index in [9.17, 15) is 10.1 Å². The van der Waals surface area contributed by atoms with Crippen molar-refractivity contribution in [1.29, 1.82) is 0 Å². The Hall–Kier alpha value is -3.17. The van der Waals surface area contributed by atoms with Crippen molar-refractivity contribution in [3.63, 3.8) is 0 Å². The molecule has 0 saturated carbocycles. The molecule has 2 heterocycles. The number of rotatable bonds is 7. The van der Waals surface area contributed by atoms with Crippen LogP contribution in [0.3, 0.4) is 0 Å². The number of piperidine rings is 1. The van der Waals surface area contributed by atoms with Crippen LogP contribution in [0.25, 0.3) is 0 Å². The minimum Gasteiger partial charge on any atom is -0.467 e. The third kappa shape index (κ3) is 5.12. The Kier molecular flexibility index (Phi) is 6.63. The van der Waals surface area contributed by atoms with Crippen LogP contribution in [0.4, 0.5) is 5.69 Å². The van der Waals surface area contributed by atoms with Crippen molar-refractivity contribution in [3.8, 4) is 5.75 Å². The minimum absolute atomic E-state index is 0.000987. The molecule has 0 bridgehead atoms. The lowest BCUT2D eigenvalue weighted by Gasteiger charge is -2.27. The molecular formula is C22H26N4O5. The van der Waals surface area contributed by atoms with E-state index in [2.05, 4.69) is 16.1 Å². The zero-order valence-corrected chi connectivity index (χ0v) is 17.3. The topological polar surface area (TPSA) is 112 Å². The highest BCUT2D eigenvalue weighted by Crippen LogP contribution is 2.33. The molecule has 0 aromatic heterocycles. The molecule has 0 spiro atoms. The number of nitro benzene ring substituents is 1. The van der Waals surface area contributed by atoms with E-state index in [0.717, 1.165) is 30.8 Å². The van der Waals surface area contributed by atoms with Crippen LogP contribution in [0, 0.1) is 10.1 Å². The molecule has 0 radical (unpaired) electrons. The van der Waals surface area contributed by atoms with Crippen molar-refractivity contribution in [2.24, 2.45) is 10.9 Å². The quantitative estimate of drug-likeness (QED) is 0.313. The average Bonchev–Trinajstić information content (AvgIpc) is 2.80. The second-order valence-corrected chi connectivity index (χ2v) is 7.70. The number of ether oxygens (including phenoxy) is 2. The molecule has 0 amide bonds. The number of amidine groups is 1. The van der Waals surface area contributed by atoms with Gasteiger partial charge in [0.25, 0.3) is 5.69 Å². The highest BCUT2D eigenvalue weighted by molar-refractivity contribution is 5.98. The molecule has 0 aliphatic carbocycles. The lowest BCUT2D eigenvalue weighted by molar-refractivity contribution is -0.385. The summed E-state index contributed by atoms with van der Waals surface area (Å²) in [6, 6.07) is 10.8. The number of nitro groups is 1. The van der Waals surface area contributed by atoms with Gasteiger partial charge in [0.15, 0.2) is 12.6 Å². The highest BCUT2D eigenvalue weighted by atomic mass is 16.7. The molecule has 2 aliphatic heterocycles. The molecule has 2 aromatic rings. The monoisotopic (exact) mass is 426 g/mol. The first kappa shape index (κ1) is 21.1. The maximum Gasteiger partial charge on any atom is 0.270 e. The molecule has 1 saturated heterocycles. The molecule has 4 rings (SSSR count). The molecule has 2 aromatic carbocycles. The van der Waals surface area contributed by atoms with Gasteiger partial charge in [0, 0.05) is 35.4 Å². The number of nitrogens with two attached hydrogens (primary N) is 1. The van der Waals surface area contributed by atoms with Gasteiger partial charge in [-0.3, -0.25) is 15.0 Å². The molecule has 0 atom stereocenters. The lowest BCUT2D eigenvalue weighted by Crippen LogP contribution is -2.30. The summed E-state index contributed by atoms with van der Waals surface area (Å²) in [5, 5.41) is 15.3. The third-order valence-electron chi connectivity index (χ3n) is 5.50. The Labute approximate surface area is 180 Å². The van der Waals surface area contributed by atoms with Gasteiger partial charge in [0.05, 0.1) is 11.5 Å². The van der Waals surface area contributed by atoms with Gasteiger partial charge in [0.1, 0.15) is 12.4 Å². The van der Waals surface area contributed by atoms with Crippen LogP contribution in [-0.2, 0) is 29.3 Å². The van der Waals surface area contributed by atoms with Crippen LogP contribution >= 0.6 is 0 Å². The van der Waals surface area contributed by atoms with E-state index in [1.54, 1.807) is 0 Å². The van der Waals surface area contributed by atoms with E-state index >= 15 is 0 Å². The average molecular weight is 426 g/mol. The molecule has 31 heavy (non-hydrogen) atoms. The summed E-state index contributed by atoms with van der Waals surface area (Å²) in [4.78, 5) is 18.7. The molecule has 164 valence electrons. The van der Waals surface area contributed by atoms with Crippen molar-refractivity contribution < 1.29 is 19.2 Å². The van der Waals surface area contributed by atoms with Crippen molar-refractivity contribution in [3.05, 3.63) is 68.8 Å². The van der Waals surface area contributed by atoms with E-state index in [4.69, 9.17) is 20.0 Å². The molecule has 2 aliphatic rings. The Bertz CT molecular complexity index is 972. The number of likely N-dealkylation sites (tertiary alicyclic amines) is 1. The Morgan fingerprint density at radius 3 is 2.81 bits per heavy atom. The van der Waals surface area contributed by atoms with Crippen molar-refractivity contribution >= 4 is 11.5 Å². The smallest absolute Gasteiger partial charge is 0.270 e. The van der Waals surface area contributed by atoms with Crippen LogP contribution in [0.15, 0.2) is 41.6 Å². The minimum atomic E-state index is -0.452. The summed E-state index contributed by atoms with van der Waals surface area (Å²) in [6.45, 7) is 3.33. The Morgan fingerprint density at radius 1 is 1.19 bits per heavy atom. The van der Waals surface area contributed by atoms with Gasteiger partial charge < -0.3 is 20.0 Å². The van der Waals surface area contributed by atoms with Crippen LogP contribution < -0.4 is 10.5 Å². The summed E-state index contributed by atoms with van der Waals surface area (Å²) in [6.07, 6.45) is 3.72. The van der Waals surface area contributed by atoms with Crippen molar-refractivity contribution in [2.45, 2.75) is 39.0 Å². The fraction of sp³-hybridized carbons (Fsp3) is 0.409. The zero-order chi connectivity index (χ0) is 21.6. The number of hydrogen-bond acceptors (Lipinski definition) is 7. The van der Waals surface area contributed by atoms with E-state index < -0.39 is 4.92 Å². The fourth-order valence-corrected chi connectivity index (χ4v) is 3.98. The van der Waals surface area contributed by atoms with E-state index in [1.165, 1.54) is 31.4 Å². The summed E-state index contributed by atoms with van der Waals surface area (Å²) in [5.74, 6) is 0.812. The van der Waals surface area contributed by atoms with Gasteiger partial charge >= 0.3 is 0 Å². The van der Waals surface area contributed by atoms with Gasteiger partial charge in [-0.25, -0.2) is 0 Å².